The number of nitrogens with one attached hydrogen (secondary N) is 1. The summed E-state index contributed by atoms with van der Waals surface area (Å²) in [5, 5.41) is 2.57. The normalized spacial score (nSPS) is 9.81. The number of carbonyl (C=O) groups excluding carboxylic acids is 1. The first kappa shape index (κ1) is 10.3. The van der Waals surface area contributed by atoms with Crippen LogP contribution in [0.15, 0.2) is 42.7 Å². The fourth-order valence-corrected chi connectivity index (χ4v) is 1.33. The molecule has 1 heterocycles. The molecule has 4 heteroatoms. The van der Waals surface area contributed by atoms with Crippen molar-refractivity contribution in [3.05, 3.63) is 42.7 Å². The Morgan fingerprint density at radius 1 is 1.12 bits per heavy atom. The number of hydrogen-bond donors (Lipinski definition) is 1. The van der Waals surface area contributed by atoms with Gasteiger partial charge < -0.3 is 5.32 Å². The molecule has 0 radical (unpaired) electrons. The highest BCUT2D eigenvalue weighted by molar-refractivity contribution is 5.87. The molecule has 1 N–H and O–H groups in total. The lowest BCUT2D eigenvalue weighted by atomic mass is 10.2. The fraction of sp³-hybridized carbons (Fsp3) is 0.0833. The average Bonchev–Trinajstić information content (AvgIpc) is 2.30. The van der Waals surface area contributed by atoms with Crippen LogP contribution in [0.4, 0.5) is 5.82 Å². The van der Waals surface area contributed by atoms with E-state index in [2.05, 4.69) is 15.3 Å². The lowest BCUT2D eigenvalue weighted by Gasteiger charge is -2.02. The van der Waals surface area contributed by atoms with E-state index in [1.54, 1.807) is 12.4 Å². The highest BCUT2D eigenvalue weighted by Gasteiger charge is 2.00. The maximum atomic E-state index is 10.8. The van der Waals surface area contributed by atoms with Gasteiger partial charge in [0.15, 0.2) is 5.82 Å². The third-order valence-electron chi connectivity index (χ3n) is 2.03. The van der Waals surface area contributed by atoms with E-state index < -0.39 is 0 Å². The molecule has 80 valence electrons. The average molecular weight is 213 g/mol. The van der Waals surface area contributed by atoms with Crippen LogP contribution in [-0.4, -0.2) is 15.9 Å². The maximum absolute atomic E-state index is 10.8. The van der Waals surface area contributed by atoms with Crippen LogP contribution in [0.2, 0.25) is 0 Å². The Balaban J connectivity index is 2.23. The van der Waals surface area contributed by atoms with Crippen LogP contribution in [0, 0.1) is 0 Å². The molecule has 0 atom stereocenters. The number of anilines is 1. The van der Waals surface area contributed by atoms with Crippen molar-refractivity contribution in [2.45, 2.75) is 6.92 Å². The van der Waals surface area contributed by atoms with E-state index in [-0.39, 0.29) is 5.91 Å². The van der Waals surface area contributed by atoms with Gasteiger partial charge in [0.05, 0.1) is 18.1 Å². The monoisotopic (exact) mass is 213 g/mol. The number of rotatable bonds is 2. The number of amides is 1. The SMILES string of the molecule is CC(=O)Nc1cnc(-c2ccccc2)cn1. The second kappa shape index (κ2) is 4.53. The molecule has 0 spiro atoms. The minimum Gasteiger partial charge on any atom is -0.310 e. The van der Waals surface area contributed by atoms with Gasteiger partial charge in [-0.1, -0.05) is 30.3 Å². The molecule has 1 amide bonds. The van der Waals surface area contributed by atoms with Crippen molar-refractivity contribution in [2.24, 2.45) is 0 Å². The van der Waals surface area contributed by atoms with Crippen molar-refractivity contribution < 1.29 is 4.79 Å². The minimum absolute atomic E-state index is 0.151. The van der Waals surface area contributed by atoms with Gasteiger partial charge in [0.1, 0.15) is 0 Å². The highest BCUT2D eigenvalue weighted by atomic mass is 16.1. The van der Waals surface area contributed by atoms with Crippen LogP contribution in [0.25, 0.3) is 11.3 Å². The molecular weight excluding hydrogens is 202 g/mol. The number of benzene rings is 1. The summed E-state index contributed by atoms with van der Waals surface area (Å²) in [5.41, 5.74) is 1.79. The standard InChI is InChI=1S/C12H11N3O/c1-9(16)15-12-8-13-11(7-14-12)10-5-3-2-4-6-10/h2-8H,1H3,(H,14,15,16). The Bertz CT molecular complexity index is 479. The predicted molar refractivity (Wildman–Crippen MR) is 61.8 cm³/mol. The maximum Gasteiger partial charge on any atom is 0.222 e. The van der Waals surface area contributed by atoms with Crippen molar-refractivity contribution in [2.75, 3.05) is 5.32 Å². The first-order valence-electron chi connectivity index (χ1n) is 4.91. The Morgan fingerprint density at radius 3 is 2.44 bits per heavy atom. The quantitative estimate of drug-likeness (QED) is 0.831. The summed E-state index contributed by atoms with van der Waals surface area (Å²) >= 11 is 0. The van der Waals surface area contributed by atoms with Gasteiger partial charge in [0.25, 0.3) is 0 Å². The molecule has 4 nitrogen and oxygen atoms in total. The van der Waals surface area contributed by atoms with Crippen LogP contribution in [-0.2, 0) is 4.79 Å². The zero-order valence-electron chi connectivity index (χ0n) is 8.84. The van der Waals surface area contributed by atoms with Crippen molar-refractivity contribution >= 4 is 11.7 Å². The van der Waals surface area contributed by atoms with Crippen LogP contribution in [0.1, 0.15) is 6.92 Å². The van der Waals surface area contributed by atoms with Crippen molar-refractivity contribution in [3.63, 3.8) is 0 Å². The van der Waals surface area contributed by atoms with Crippen molar-refractivity contribution in [3.8, 4) is 11.3 Å². The van der Waals surface area contributed by atoms with Gasteiger partial charge in [-0.05, 0) is 0 Å². The van der Waals surface area contributed by atoms with Gasteiger partial charge in [-0.3, -0.25) is 9.78 Å². The van der Waals surface area contributed by atoms with Crippen LogP contribution >= 0.6 is 0 Å². The molecule has 0 saturated heterocycles. The van der Waals surface area contributed by atoms with E-state index in [4.69, 9.17) is 0 Å². The van der Waals surface area contributed by atoms with E-state index in [1.165, 1.54) is 6.92 Å². The number of aromatic nitrogens is 2. The fourth-order valence-electron chi connectivity index (χ4n) is 1.33. The summed E-state index contributed by atoms with van der Waals surface area (Å²) < 4.78 is 0. The molecule has 1 aromatic heterocycles. The molecule has 2 aromatic rings. The lowest BCUT2D eigenvalue weighted by molar-refractivity contribution is -0.114. The molecule has 0 fully saturated rings. The lowest BCUT2D eigenvalue weighted by Crippen LogP contribution is -2.07. The zero-order chi connectivity index (χ0) is 11.4. The van der Waals surface area contributed by atoms with Gasteiger partial charge >= 0.3 is 0 Å². The smallest absolute Gasteiger partial charge is 0.222 e. The second-order valence-corrected chi connectivity index (χ2v) is 3.33. The molecule has 0 unspecified atom stereocenters. The largest absolute Gasteiger partial charge is 0.310 e. The van der Waals surface area contributed by atoms with E-state index >= 15 is 0 Å². The first-order valence-corrected chi connectivity index (χ1v) is 4.91. The van der Waals surface area contributed by atoms with Crippen molar-refractivity contribution in [1.82, 2.24) is 9.97 Å². The molecule has 0 aliphatic carbocycles. The predicted octanol–water partition coefficient (Wildman–Crippen LogP) is 2.10. The summed E-state index contributed by atoms with van der Waals surface area (Å²) in [7, 11) is 0. The Kier molecular flexibility index (Phi) is 2.91. The Hall–Kier alpha value is -2.23. The summed E-state index contributed by atoms with van der Waals surface area (Å²) in [5.74, 6) is 0.314. The van der Waals surface area contributed by atoms with Gasteiger partial charge in [0.2, 0.25) is 5.91 Å². The number of nitrogens with zero attached hydrogens (tertiary/aromatic N) is 2. The van der Waals surface area contributed by atoms with E-state index in [0.29, 0.717) is 5.82 Å². The topological polar surface area (TPSA) is 54.9 Å². The molecule has 0 saturated carbocycles. The number of hydrogen-bond acceptors (Lipinski definition) is 3. The second-order valence-electron chi connectivity index (χ2n) is 3.33. The highest BCUT2D eigenvalue weighted by Crippen LogP contribution is 2.15. The third kappa shape index (κ3) is 2.42. The van der Waals surface area contributed by atoms with Gasteiger partial charge in [-0.15, -0.1) is 0 Å². The van der Waals surface area contributed by atoms with Crippen LogP contribution < -0.4 is 5.32 Å². The molecular formula is C12H11N3O. The van der Waals surface area contributed by atoms with Gasteiger partial charge in [0, 0.05) is 12.5 Å². The third-order valence-corrected chi connectivity index (χ3v) is 2.03. The Labute approximate surface area is 93.4 Å². The summed E-state index contributed by atoms with van der Waals surface area (Å²) in [6.45, 7) is 1.44. The van der Waals surface area contributed by atoms with Crippen molar-refractivity contribution in [1.29, 1.82) is 0 Å². The molecule has 16 heavy (non-hydrogen) atoms. The zero-order valence-corrected chi connectivity index (χ0v) is 8.84. The molecule has 0 bridgehead atoms. The number of carbonyl (C=O) groups is 1. The molecule has 0 aliphatic rings. The first-order chi connectivity index (χ1) is 7.75. The van der Waals surface area contributed by atoms with Crippen LogP contribution in [0.3, 0.4) is 0 Å². The molecule has 0 aliphatic heterocycles. The van der Waals surface area contributed by atoms with E-state index in [1.807, 2.05) is 30.3 Å². The minimum atomic E-state index is -0.151. The molecule has 1 aromatic carbocycles. The summed E-state index contributed by atoms with van der Waals surface area (Å²) in [4.78, 5) is 19.1. The van der Waals surface area contributed by atoms with E-state index in [9.17, 15) is 4.79 Å². The summed E-state index contributed by atoms with van der Waals surface area (Å²) in [6, 6.07) is 9.75. The van der Waals surface area contributed by atoms with Crippen LogP contribution in [0.5, 0.6) is 0 Å². The van der Waals surface area contributed by atoms with Gasteiger partial charge in [-0.25, -0.2) is 4.98 Å². The molecule has 2 rings (SSSR count). The Morgan fingerprint density at radius 2 is 1.88 bits per heavy atom. The van der Waals surface area contributed by atoms with Gasteiger partial charge in [-0.2, -0.15) is 0 Å². The van der Waals surface area contributed by atoms with E-state index in [0.717, 1.165) is 11.3 Å². The summed E-state index contributed by atoms with van der Waals surface area (Å²) in [6.07, 6.45) is 3.18.